The number of nitrogens with zero attached hydrogens (tertiary/aromatic N) is 2. The van der Waals surface area contributed by atoms with Gasteiger partial charge in [0.25, 0.3) is 0 Å². The zero-order valence-corrected chi connectivity index (χ0v) is 10.8. The van der Waals surface area contributed by atoms with Gasteiger partial charge in [0.15, 0.2) is 0 Å². The molecule has 1 saturated carbocycles. The van der Waals surface area contributed by atoms with Crippen molar-refractivity contribution >= 4 is 5.91 Å². The van der Waals surface area contributed by atoms with Crippen LogP contribution in [-0.2, 0) is 4.79 Å². The molecule has 0 aromatic heterocycles. The molecule has 0 saturated heterocycles. The highest BCUT2D eigenvalue weighted by molar-refractivity contribution is 5.79. The lowest BCUT2D eigenvalue weighted by atomic mass is 9.84. The second kappa shape index (κ2) is 6.21. The van der Waals surface area contributed by atoms with Gasteiger partial charge in [-0.05, 0) is 26.9 Å². The molecular formula is C12H25N3O. The van der Waals surface area contributed by atoms with Gasteiger partial charge >= 0.3 is 0 Å². The molecule has 2 N–H and O–H groups in total. The third-order valence-corrected chi connectivity index (χ3v) is 3.40. The van der Waals surface area contributed by atoms with E-state index in [-0.39, 0.29) is 17.9 Å². The van der Waals surface area contributed by atoms with Crippen LogP contribution < -0.4 is 5.73 Å². The lowest BCUT2D eigenvalue weighted by Crippen LogP contribution is -2.45. The average Bonchev–Trinajstić information content (AvgIpc) is 2.25. The van der Waals surface area contributed by atoms with Gasteiger partial charge in [-0.1, -0.05) is 12.8 Å². The number of likely N-dealkylation sites (N-methyl/N-ethyl adjacent to an activating group) is 2. The van der Waals surface area contributed by atoms with Crippen LogP contribution in [0.15, 0.2) is 0 Å². The van der Waals surface area contributed by atoms with Crippen molar-refractivity contribution in [1.82, 2.24) is 9.80 Å². The van der Waals surface area contributed by atoms with Crippen molar-refractivity contribution in [3.63, 3.8) is 0 Å². The van der Waals surface area contributed by atoms with E-state index < -0.39 is 0 Å². The Bertz CT molecular complexity index is 230. The summed E-state index contributed by atoms with van der Waals surface area (Å²) in [7, 11) is 5.92. The van der Waals surface area contributed by atoms with Gasteiger partial charge in [-0.25, -0.2) is 0 Å². The zero-order chi connectivity index (χ0) is 12.1. The Balaban J connectivity index is 2.42. The molecule has 0 aliphatic heterocycles. The molecule has 0 radical (unpaired) electrons. The van der Waals surface area contributed by atoms with Crippen molar-refractivity contribution in [1.29, 1.82) is 0 Å². The summed E-state index contributed by atoms with van der Waals surface area (Å²) < 4.78 is 0. The molecule has 1 fully saturated rings. The van der Waals surface area contributed by atoms with Crippen molar-refractivity contribution in [2.24, 2.45) is 11.7 Å². The zero-order valence-electron chi connectivity index (χ0n) is 10.8. The lowest BCUT2D eigenvalue weighted by Gasteiger charge is -2.31. The van der Waals surface area contributed by atoms with E-state index in [0.29, 0.717) is 0 Å². The number of hydrogen-bond acceptors (Lipinski definition) is 3. The maximum Gasteiger partial charge on any atom is 0.227 e. The van der Waals surface area contributed by atoms with E-state index in [1.54, 1.807) is 0 Å². The van der Waals surface area contributed by atoms with Gasteiger partial charge in [0.05, 0.1) is 5.92 Å². The van der Waals surface area contributed by atoms with E-state index in [2.05, 4.69) is 4.90 Å². The first-order chi connectivity index (χ1) is 7.52. The lowest BCUT2D eigenvalue weighted by molar-refractivity contribution is -0.135. The van der Waals surface area contributed by atoms with Crippen LogP contribution in [0.5, 0.6) is 0 Å². The van der Waals surface area contributed by atoms with Crippen LogP contribution in [0.4, 0.5) is 0 Å². The summed E-state index contributed by atoms with van der Waals surface area (Å²) >= 11 is 0. The Hall–Kier alpha value is -0.610. The van der Waals surface area contributed by atoms with Gasteiger partial charge in [0.2, 0.25) is 5.91 Å². The normalized spacial score (nSPS) is 25.8. The molecule has 1 amide bonds. The van der Waals surface area contributed by atoms with Crippen LogP contribution in [0.2, 0.25) is 0 Å². The molecule has 16 heavy (non-hydrogen) atoms. The number of carbonyl (C=O) groups excluding carboxylic acids is 1. The summed E-state index contributed by atoms with van der Waals surface area (Å²) in [6.45, 7) is 1.69. The van der Waals surface area contributed by atoms with Crippen molar-refractivity contribution in [3.05, 3.63) is 0 Å². The Morgan fingerprint density at radius 1 is 1.19 bits per heavy atom. The van der Waals surface area contributed by atoms with Gasteiger partial charge in [0.1, 0.15) is 0 Å². The van der Waals surface area contributed by atoms with Crippen molar-refractivity contribution in [2.45, 2.75) is 31.7 Å². The molecule has 0 bridgehead atoms. The third-order valence-electron chi connectivity index (χ3n) is 3.40. The predicted molar refractivity (Wildman–Crippen MR) is 66.1 cm³/mol. The molecule has 0 aromatic rings. The molecule has 2 atom stereocenters. The van der Waals surface area contributed by atoms with E-state index in [1.807, 2.05) is 26.0 Å². The first-order valence-electron chi connectivity index (χ1n) is 6.17. The average molecular weight is 227 g/mol. The van der Waals surface area contributed by atoms with Crippen LogP contribution in [0.1, 0.15) is 25.7 Å². The highest BCUT2D eigenvalue weighted by Crippen LogP contribution is 2.24. The van der Waals surface area contributed by atoms with E-state index in [0.717, 1.165) is 32.4 Å². The van der Waals surface area contributed by atoms with Gasteiger partial charge in [0, 0.05) is 26.2 Å². The van der Waals surface area contributed by atoms with Crippen molar-refractivity contribution in [2.75, 3.05) is 34.2 Å². The van der Waals surface area contributed by atoms with Crippen LogP contribution >= 0.6 is 0 Å². The smallest absolute Gasteiger partial charge is 0.227 e. The van der Waals surface area contributed by atoms with E-state index >= 15 is 0 Å². The van der Waals surface area contributed by atoms with E-state index in [4.69, 9.17) is 5.73 Å². The van der Waals surface area contributed by atoms with Gasteiger partial charge in [-0.15, -0.1) is 0 Å². The predicted octanol–water partition coefficient (Wildman–Crippen LogP) is 0.524. The molecule has 0 spiro atoms. The fraction of sp³-hybridized carbons (Fsp3) is 0.917. The quantitative estimate of drug-likeness (QED) is 0.762. The van der Waals surface area contributed by atoms with Crippen LogP contribution in [-0.4, -0.2) is 56.0 Å². The molecule has 0 heterocycles. The van der Waals surface area contributed by atoms with Gasteiger partial charge < -0.3 is 15.5 Å². The minimum Gasteiger partial charge on any atom is -0.344 e. The van der Waals surface area contributed by atoms with Crippen molar-refractivity contribution < 1.29 is 4.79 Å². The number of rotatable bonds is 4. The summed E-state index contributed by atoms with van der Waals surface area (Å²) in [6.07, 6.45) is 4.28. The first-order valence-corrected chi connectivity index (χ1v) is 6.17. The Morgan fingerprint density at radius 2 is 1.81 bits per heavy atom. The molecule has 4 nitrogen and oxygen atoms in total. The second-order valence-electron chi connectivity index (χ2n) is 5.12. The van der Waals surface area contributed by atoms with E-state index in [9.17, 15) is 4.79 Å². The fourth-order valence-electron chi connectivity index (χ4n) is 2.21. The summed E-state index contributed by atoms with van der Waals surface area (Å²) in [5.74, 6) is 0.287. The monoisotopic (exact) mass is 227 g/mol. The standard InChI is InChI=1S/C12H25N3O/c1-14(2)8-9-15(3)12(16)10-6-4-5-7-11(10)13/h10-11H,4-9,13H2,1-3H3. The van der Waals surface area contributed by atoms with Gasteiger partial charge in [-0.2, -0.15) is 0 Å². The second-order valence-corrected chi connectivity index (χ2v) is 5.12. The number of nitrogens with two attached hydrogens (primary N) is 1. The van der Waals surface area contributed by atoms with Gasteiger partial charge in [-0.3, -0.25) is 4.79 Å². The number of amides is 1. The maximum atomic E-state index is 12.1. The van der Waals surface area contributed by atoms with Crippen LogP contribution in [0.3, 0.4) is 0 Å². The SMILES string of the molecule is CN(C)CCN(C)C(=O)C1CCCCC1N. The largest absolute Gasteiger partial charge is 0.344 e. The Labute approximate surface area is 98.8 Å². The van der Waals surface area contributed by atoms with Crippen molar-refractivity contribution in [3.8, 4) is 0 Å². The maximum absolute atomic E-state index is 12.1. The Morgan fingerprint density at radius 3 is 2.38 bits per heavy atom. The summed E-state index contributed by atoms with van der Waals surface area (Å²) in [5, 5.41) is 0. The molecular weight excluding hydrogens is 202 g/mol. The summed E-state index contributed by atoms with van der Waals surface area (Å²) in [4.78, 5) is 16.1. The number of carbonyl (C=O) groups is 1. The topological polar surface area (TPSA) is 49.6 Å². The Kier molecular flexibility index (Phi) is 5.22. The summed E-state index contributed by atoms with van der Waals surface area (Å²) in [5.41, 5.74) is 6.02. The molecule has 1 rings (SSSR count). The molecule has 2 unspecified atom stereocenters. The number of hydrogen-bond donors (Lipinski definition) is 1. The minimum absolute atomic E-state index is 0.0564. The third kappa shape index (κ3) is 3.76. The summed E-state index contributed by atoms with van der Waals surface area (Å²) in [6, 6.07) is 0.0723. The van der Waals surface area contributed by atoms with Crippen LogP contribution in [0, 0.1) is 5.92 Å². The molecule has 1 aliphatic rings. The minimum atomic E-state index is 0.0564. The van der Waals surface area contributed by atoms with Crippen LogP contribution in [0.25, 0.3) is 0 Å². The van der Waals surface area contributed by atoms with E-state index in [1.165, 1.54) is 6.42 Å². The highest BCUT2D eigenvalue weighted by atomic mass is 16.2. The molecule has 4 heteroatoms. The highest BCUT2D eigenvalue weighted by Gasteiger charge is 2.30. The molecule has 1 aliphatic carbocycles. The molecule has 94 valence electrons. The first kappa shape index (κ1) is 13.5. The molecule has 0 aromatic carbocycles. The fourth-order valence-corrected chi connectivity index (χ4v) is 2.21.